The van der Waals surface area contributed by atoms with Crippen LogP contribution in [0.5, 0.6) is 5.75 Å². The Bertz CT molecular complexity index is 1180. The molecule has 0 bridgehead atoms. The monoisotopic (exact) mass is 440 g/mol. The summed E-state index contributed by atoms with van der Waals surface area (Å²) < 4.78 is 5.81. The van der Waals surface area contributed by atoms with Gasteiger partial charge in [0.1, 0.15) is 12.4 Å². The number of aromatic nitrogens is 1. The van der Waals surface area contributed by atoms with Crippen LogP contribution in [0.15, 0.2) is 91.3 Å². The van der Waals surface area contributed by atoms with Crippen molar-refractivity contribution >= 4 is 22.4 Å². The Labute approximate surface area is 194 Å². The molecule has 5 nitrogen and oxygen atoms in total. The molecule has 33 heavy (non-hydrogen) atoms. The summed E-state index contributed by atoms with van der Waals surface area (Å²) in [5.41, 5.74) is 3.04. The van der Waals surface area contributed by atoms with Crippen LogP contribution in [0.2, 0.25) is 0 Å². The van der Waals surface area contributed by atoms with Gasteiger partial charge < -0.3 is 15.2 Å². The van der Waals surface area contributed by atoms with Gasteiger partial charge in [0.25, 0.3) is 0 Å². The third-order valence-corrected chi connectivity index (χ3v) is 5.51. The van der Waals surface area contributed by atoms with Crippen LogP contribution in [-0.2, 0) is 17.6 Å². The normalized spacial score (nSPS) is 11.8. The van der Waals surface area contributed by atoms with E-state index in [2.05, 4.69) is 16.4 Å². The predicted octanol–water partition coefficient (Wildman–Crippen LogP) is 5.18. The highest BCUT2D eigenvalue weighted by Crippen LogP contribution is 2.23. The second kappa shape index (κ2) is 11.2. The van der Waals surface area contributed by atoms with Crippen molar-refractivity contribution in [2.24, 2.45) is 0 Å². The lowest BCUT2D eigenvalue weighted by molar-refractivity contribution is -0.116. The number of benzene rings is 3. The molecule has 1 atom stereocenters. The number of aryl methyl sites for hydroxylation is 2. The molecule has 0 aliphatic carbocycles. The average Bonchev–Trinajstić information content (AvgIpc) is 2.86. The maximum absolute atomic E-state index is 12.2. The number of aliphatic hydroxyl groups excluding tert-OH is 1. The summed E-state index contributed by atoms with van der Waals surface area (Å²) in [4.78, 5) is 16.3. The largest absolute Gasteiger partial charge is 0.491 e. The molecule has 2 N–H and O–H groups in total. The van der Waals surface area contributed by atoms with Crippen molar-refractivity contribution < 1.29 is 14.6 Å². The van der Waals surface area contributed by atoms with Crippen LogP contribution < -0.4 is 10.1 Å². The smallest absolute Gasteiger partial charge is 0.224 e. The minimum absolute atomic E-state index is 0.00660. The second-order valence-electron chi connectivity index (χ2n) is 8.12. The minimum Gasteiger partial charge on any atom is -0.491 e. The lowest BCUT2D eigenvalue weighted by Gasteiger charge is -2.13. The zero-order valence-corrected chi connectivity index (χ0v) is 18.5. The maximum atomic E-state index is 12.2. The maximum Gasteiger partial charge on any atom is 0.224 e. The number of nitrogens with zero attached hydrogens (tertiary/aromatic N) is 1. The lowest BCUT2D eigenvalue weighted by Crippen LogP contribution is -2.18. The number of carbonyl (C=O) groups excluding carboxylic acids is 1. The van der Waals surface area contributed by atoms with Gasteiger partial charge in [0.05, 0.1) is 6.10 Å². The SMILES string of the molecule is O=C(CCc1ccc2cc(OCC(O)CCc3cccnc3)ccc2c1)Nc1ccccc1. The molecule has 4 rings (SSSR count). The summed E-state index contributed by atoms with van der Waals surface area (Å²) in [7, 11) is 0. The summed E-state index contributed by atoms with van der Waals surface area (Å²) in [5.74, 6) is 0.741. The lowest BCUT2D eigenvalue weighted by atomic mass is 10.0. The fraction of sp³-hybridized carbons (Fsp3) is 0.214. The predicted molar refractivity (Wildman–Crippen MR) is 131 cm³/mol. The van der Waals surface area contributed by atoms with Gasteiger partial charge in [-0.25, -0.2) is 0 Å². The standard InChI is InChI=1S/C28H28N2O3/c31-26(13-9-22-5-4-16-29-19-22)20-33-27-14-12-23-17-21(8-11-24(23)18-27)10-15-28(32)30-25-6-2-1-3-7-25/h1-8,11-12,14,16-19,26,31H,9-10,13,15,20H2,(H,30,32). The Morgan fingerprint density at radius 1 is 0.909 bits per heavy atom. The summed E-state index contributed by atoms with van der Waals surface area (Å²) in [6.45, 7) is 0.250. The van der Waals surface area contributed by atoms with Gasteiger partial charge >= 0.3 is 0 Å². The highest BCUT2D eigenvalue weighted by molar-refractivity contribution is 5.91. The number of rotatable bonds is 10. The van der Waals surface area contributed by atoms with E-state index in [-0.39, 0.29) is 12.5 Å². The highest BCUT2D eigenvalue weighted by Gasteiger charge is 2.08. The van der Waals surface area contributed by atoms with E-state index in [0.29, 0.717) is 19.3 Å². The molecule has 1 amide bonds. The minimum atomic E-state index is -0.537. The van der Waals surface area contributed by atoms with E-state index in [9.17, 15) is 9.90 Å². The average molecular weight is 441 g/mol. The van der Waals surface area contributed by atoms with Gasteiger partial charge in [0.2, 0.25) is 5.91 Å². The molecule has 3 aromatic carbocycles. The van der Waals surface area contributed by atoms with E-state index in [1.807, 2.05) is 79.0 Å². The zero-order valence-electron chi connectivity index (χ0n) is 18.5. The highest BCUT2D eigenvalue weighted by atomic mass is 16.5. The first-order valence-corrected chi connectivity index (χ1v) is 11.2. The van der Waals surface area contributed by atoms with Crippen LogP contribution in [0.3, 0.4) is 0 Å². The number of aliphatic hydroxyl groups is 1. The number of anilines is 1. The Morgan fingerprint density at radius 3 is 2.55 bits per heavy atom. The molecule has 1 aromatic heterocycles. The van der Waals surface area contributed by atoms with Crippen molar-refractivity contribution in [3.8, 4) is 5.75 Å². The van der Waals surface area contributed by atoms with Crippen LogP contribution >= 0.6 is 0 Å². The molecule has 0 saturated carbocycles. The van der Waals surface area contributed by atoms with Gasteiger partial charge in [-0.05, 0) is 71.5 Å². The Balaban J connectivity index is 1.27. The third kappa shape index (κ3) is 6.89. The number of carbonyl (C=O) groups is 1. The first kappa shape index (κ1) is 22.5. The number of nitrogens with one attached hydrogen (secondary N) is 1. The Kier molecular flexibility index (Phi) is 7.67. The molecule has 1 unspecified atom stereocenters. The topological polar surface area (TPSA) is 71.5 Å². The van der Waals surface area contributed by atoms with Crippen LogP contribution in [0, 0.1) is 0 Å². The van der Waals surface area contributed by atoms with Crippen molar-refractivity contribution in [3.63, 3.8) is 0 Å². The van der Waals surface area contributed by atoms with Gasteiger partial charge in [-0.3, -0.25) is 9.78 Å². The first-order valence-electron chi connectivity index (χ1n) is 11.2. The molecular weight excluding hydrogens is 412 g/mol. The van der Waals surface area contributed by atoms with E-state index in [1.165, 1.54) is 0 Å². The first-order chi connectivity index (χ1) is 16.2. The fourth-order valence-corrected chi connectivity index (χ4v) is 3.68. The molecular formula is C28H28N2O3. The Morgan fingerprint density at radius 2 is 1.73 bits per heavy atom. The van der Waals surface area contributed by atoms with Gasteiger partial charge in [-0.15, -0.1) is 0 Å². The van der Waals surface area contributed by atoms with Crippen molar-refractivity contribution in [1.29, 1.82) is 0 Å². The van der Waals surface area contributed by atoms with Crippen molar-refractivity contribution in [1.82, 2.24) is 4.98 Å². The number of hydrogen-bond donors (Lipinski definition) is 2. The number of fused-ring (bicyclic) bond motifs is 1. The Hall–Kier alpha value is -3.70. The second-order valence-corrected chi connectivity index (χ2v) is 8.12. The van der Waals surface area contributed by atoms with Crippen LogP contribution in [0.25, 0.3) is 10.8 Å². The van der Waals surface area contributed by atoms with Gasteiger partial charge in [-0.1, -0.05) is 48.5 Å². The molecule has 0 fully saturated rings. The van der Waals surface area contributed by atoms with E-state index < -0.39 is 6.10 Å². The number of pyridine rings is 1. The van der Waals surface area contributed by atoms with Crippen molar-refractivity contribution in [2.75, 3.05) is 11.9 Å². The molecule has 5 heteroatoms. The molecule has 4 aromatic rings. The van der Waals surface area contributed by atoms with Crippen molar-refractivity contribution in [3.05, 3.63) is 102 Å². The molecule has 0 saturated heterocycles. The van der Waals surface area contributed by atoms with Crippen LogP contribution in [0.4, 0.5) is 5.69 Å². The zero-order chi connectivity index (χ0) is 22.9. The molecule has 0 radical (unpaired) electrons. The van der Waals surface area contributed by atoms with E-state index in [1.54, 1.807) is 6.20 Å². The van der Waals surface area contributed by atoms with E-state index >= 15 is 0 Å². The van der Waals surface area contributed by atoms with Gasteiger partial charge in [-0.2, -0.15) is 0 Å². The molecule has 168 valence electrons. The molecule has 1 heterocycles. The summed E-state index contributed by atoms with van der Waals surface area (Å²) >= 11 is 0. The van der Waals surface area contributed by atoms with Crippen molar-refractivity contribution in [2.45, 2.75) is 31.8 Å². The molecule has 0 aliphatic heterocycles. The number of amides is 1. The summed E-state index contributed by atoms with van der Waals surface area (Å²) in [5, 5.41) is 15.3. The molecule has 0 aliphatic rings. The molecule has 0 spiro atoms. The quantitative estimate of drug-likeness (QED) is 0.357. The summed E-state index contributed by atoms with van der Waals surface area (Å²) in [6, 6.07) is 25.5. The number of ether oxygens (including phenoxy) is 1. The number of para-hydroxylation sites is 1. The van der Waals surface area contributed by atoms with E-state index in [0.717, 1.165) is 39.8 Å². The van der Waals surface area contributed by atoms with Gasteiger partial charge in [0.15, 0.2) is 0 Å². The van der Waals surface area contributed by atoms with Crippen LogP contribution in [-0.4, -0.2) is 28.7 Å². The fourth-order valence-electron chi connectivity index (χ4n) is 3.68. The third-order valence-electron chi connectivity index (χ3n) is 5.51. The number of hydrogen-bond acceptors (Lipinski definition) is 4. The summed E-state index contributed by atoms with van der Waals surface area (Å²) in [6.07, 6.45) is 5.53. The van der Waals surface area contributed by atoms with Crippen LogP contribution in [0.1, 0.15) is 24.0 Å². The van der Waals surface area contributed by atoms with E-state index in [4.69, 9.17) is 4.74 Å². The van der Waals surface area contributed by atoms with Gasteiger partial charge in [0, 0.05) is 24.5 Å².